The monoisotopic (exact) mass is 293 g/mol. The maximum atomic E-state index is 13.9. The highest BCUT2D eigenvalue weighted by Gasteiger charge is 2.10. The molecule has 2 rings (SSSR count). The van der Waals surface area contributed by atoms with Crippen molar-refractivity contribution in [1.82, 2.24) is 15.1 Å². The maximum absolute atomic E-state index is 13.9. The van der Waals surface area contributed by atoms with Crippen molar-refractivity contribution in [3.63, 3.8) is 0 Å². The lowest BCUT2D eigenvalue weighted by Crippen LogP contribution is -2.19. The predicted molar refractivity (Wildman–Crippen MR) is 77.5 cm³/mol. The summed E-state index contributed by atoms with van der Waals surface area (Å²) in [5.74, 6) is -0.0926. The Balaban J connectivity index is 1.99. The van der Waals surface area contributed by atoms with Crippen LogP contribution in [0.25, 0.3) is 0 Å². The van der Waals surface area contributed by atoms with E-state index in [2.05, 4.69) is 10.4 Å². The highest BCUT2D eigenvalue weighted by molar-refractivity contribution is 5.35. The van der Waals surface area contributed by atoms with Gasteiger partial charge < -0.3 is 14.8 Å². The summed E-state index contributed by atoms with van der Waals surface area (Å²) in [7, 11) is 3.48. The second-order valence-corrected chi connectivity index (χ2v) is 4.67. The summed E-state index contributed by atoms with van der Waals surface area (Å²) in [6.45, 7) is 2.08. The Labute approximate surface area is 123 Å². The van der Waals surface area contributed by atoms with Gasteiger partial charge in [-0.25, -0.2) is 4.39 Å². The average molecular weight is 293 g/mol. The van der Waals surface area contributed by atoms with Crippen molar-refractivity contribution < 1.29 is 13.9 Å². The van der Waals surface area contributed by atoms with Crippen LogP contribution in [0.1, 0.15) is 11.3 Å². The molecule has 0 atom stereocenters. The molecule has 0 saturated carbocycles. The molecule has 5 nitrogen and oxygen atoms in total. The third kappa shape index (κ3) is 4.54. The Bertz CT molecular complexity index is 572. The minimum absolute atomic E-state index is 0.243. The van der Waals surface area contributed by atoms with Crippen LogP contribution in [-0.4, -0.2) is 30.0 Å². The van der Waals surface area contributed by atoms with Crippen LogP contribution in [0.5, 0.6) is 5.75 Å². The van der Waals surface area contributed by atoms with Crippen LogP contribution in [0, 0.1) is 5.82 Å². The fourth-order valence-corrected chi connectivity index (χ4v) is 1.94. The molecule has 0 aliphatic rings. The third-order valence-electron chi connectivity index (χ3n) is 2.98. The lowest BCUT2D eigenvalue weighted by molar-refractivity contribution is 0.199. The van der Waals surface area contributed by atoms with Gasteiger partial charge in [0, 0.05) is 39.0 Å². The molecule has 1 N–H and O–H groups in total. The number of hydrogen-bond donors (Lipinski definition) is 1. The van der Waals surface area contributed by atoms with Crippen molar-refractivity contribution >= 4 is 0 Å². The summed E-state index contributed by atoms with van der Waals surface area (Å²) < 4.78 is 26.2. The van der Waals surface area contributed by atoms with Gasteiger partial charge >= 0.3 is 0 Å². The van der Waals surface area contributed by atoms with Gasteiger partial charge in [0.25, 0.3) is 0 Å². The number of halogens is 1. The molecule has 2 aromatic rings. The molecule has 6 heteroatoms. The Morgan fingerprint density at radius 1 is 1.33 bits per heavy atom. The van der Waals surface area contributed by atoms with E-state index in [9.17, 15) is 4.39 Å². The van der Waals surface area contributed by atoms with Crippen LogP contribution >= 0.6 is 0 Å². The van der Waals surface area contributed by atoms with E-state index in [1.54, 1.807) is 17.9 Å². The van der Waals surface area contributed by atoms with E-state index < -0.39 is 0 Å². The number of rotatable bonds is 8. The highest BCUT2D eigenvalue weighted by Crippen LogP contribution is 2.23. The number of para-hydroxylation sites is 1. The summed E-state index contributed by atoms with van der Waals surface area (Å²) in [6.07, 6.45) is 1.83. The quantitative estimate of drug-likeness (QED) is 0.755. The molecular weight excluding hydrogens is 273 g/mol. The standard InChI is InChI=1S/C15H20FN3O2/c1-19-8-6-13(18-19)11-21-15-12(4-3-5-14(15)16)10-17-7-9-20-2/h3-6,8,17H,7,9-11H2,1-2H3. The van der Waals surface area contributed by atoms with Gasteiger partial charge in [-0.3, -0.25) is 4.68 Å². The summed E-state index contributed by atoms with van der Waals surface area (Å²) in [6, 6.07) is 6.76. The molecule has 0 aliphatic carbocycles. The predicted octanol–water partition coefficient (Wildman–Crippen LogP) is 1.87. The summed E-state index contributed by atoms with van der Waals surface area (Å²) in [5.41, 5.74) is 1.54. The van der Waals surface area contributed by atoms with Gasteiger partial charge in [0.05, 0.1) is 12.3 Å². The van der Waals surface area contributed by atoms with Crippen molar-refractivity contribution in [3.05, 3.63) is 47.5 Å². The Kier molecular flexibility index (Phi) is 5.71. The molecule has 0 bridgehead atoms. The molecule has 0 aliphatic heterocycles. The molecule has 0 fully saturated rings. The molecule has 0 amide bonds. The van der Waals surface area contributed by atoms with Crippen LogP contribution in [-0.2, 0) is 24.9 Å². The Morgan fingerprint density at radius 3 is 2.90 bits per heavy atom. The van der Waals surface area contributed by atoms with Gasteiger partial charge in [-0.05, 0) is 12.1 Å². The zero-order valence-corrected chi connectivity index (χ0v) is 12.3. The first-order chi connectivity index (χ1) is 10.2. The fourth-order valence-electron chi connectivity index (χ4n) is 1.94. The zero-order chi connectivity index (χ0) is 15.1. The second kappa shape index (κ2) is 7.75. The van der Waals surface area contributed by atoms with Crippen LogP contribution in [0.3, 0.4) is 0 Å². The highest BCUT2D eigenvalue weighted by atomic mass is 19.1. The lowest BCUT2D eigenvalue weighted by Gasteiger charge is -2.12. The fraction of sp³-hybridized carbons (Fsp3) is 0.400. The van der Waals surface area contributed by atoms with E-state index in [0.29, 0.717) is 19.7 Å². The summed E-state index contributed by atoms with van der Waals surface area (Å²) in [4.78, 5) is 0. The van der Waals surface area contributed by atoms with Gasteiger partial charge in [0.1, 0.15) is 6.61 Å². The molecule has 1 aromatic carbocycles. The van der Waals surface area contributed by atoms with E-state index in [1.807, 2.05) is 25.4 Å². The van der Waals surface area contributed by atoms with Gasteiger partial charge in [-0.2, -0.15) is 5.10 Å². The third-order valence-corrected chi connectivity index (χ3v) is 2.98. The summed E-state index contributed by atoms with van der Waals surface area (Å²) >= 11 is 0. The van der Waals surface area contributed by atoms with Crippen molar-refractivity contribution in [2.45, 2.75) is 13.2 Å². The topological polar surface area (TPSA) is 48.3 Å². The number of methoxy groups -OCH3 is 1. The number of nitrogens with zero attached hydrogens (tertiary/aromatic N) is 2. The number of aromatic nitrogens is 2. The van der Waals surface area contributed by atoms with Gasteiger partial charge in [-0.15, -0.1) is 0 Å². The molecule has 1 heterocycles. The SMILES string of the molecule is COCCNCc1cccc(F)c1OCc1ccn(C)n1. The normalized spacial score (nSPS) is 10.8. The minimum atomic E-state index is -0.364. The van der Waals surface area contributed by atoms with Crippen LogP contribution in [0.2, 0.25) is 0 Å². The Morgan fingerprint density at radius 2 is 2.19 bits per heavy atom. The van der Waals surface area contributed by atoms with Crippen molar-refractivity contribution in [2.24, 2.45) is 7.05 Å². The number of hydrogen-bond acceptors (Lipinski definition) is 4. The first kappa shape index (κ1) is 15.5. The van der Waals surface area contributed by atoms with E-state index in [-0.39, 0.29) is 18.2 Å². The van der Waals surface area contributed by atoms with E-state index in [1.165, 1.54) is 6.07 Å². The average Bonchev–Trinajstić information content (AvgIpc) is 2.88. The molecule has 1 aromatic heterocycles. The molecule has 0 saturated heterocycles. The molecule has 0 unspecified atom stereocenters. The van der Waals surface area contributed by atoms with E-state index in [0.717, 1.165) is 11.3 Å². The minimum Gasteiger partial charge on any atom is -0.484 e. The van der Waals surface area contributed by atoms with Gasteiger partial charge in [0.2, 0.25) is 0 Å². The molecule has 0 spiro atoms. The molecular formula is C15H20FN3O2. The lowest BCUT2D eigenvalue weighted by atomic mass is 10.2. The van der Waals surface area contributed by atoms with Crippen molar-refractivity contribution in [2.75, 3.05) is 20.3 Å². The van der Waals surface area contributed by atoms with Crippen molar-refractivity contribution in [3.8, 4) is 5.75 Å². The van der Waals surface area contributed by atoms with Gasteiger partial charge in [-0.1, -0.05) is 12.1 Å². The van der Waals surface area contributed by atoms with Gasteiger partial charge in [0.15, 0.2) is 11.6 Å². The van der Waals surface area contributed by atoms with E-state index >= 15 is 0 Å². The van der Waals surface area contributed by atoms with Crippen molar-refractivity contribution in [1.29, 1.82) is 0 Å². The van der Waals surface area contributed by atoms with Crippen LogP contribution < -0.4 is 10.1 Å². The maximum Gasteiger partial charge on any atom is 0.165 e. The first-order valence-corrected chi connectivity index (χ1v) is 6.79. The van der Waals surface area contributed by atoms with Crippen LogP contribution in [0.15, 0.2) is 30.5 Å². The smallest absolute Gasteiger partial charge is 0.165 e. The zero-order valence-electron chi connectivity index (χ0n) is 12.3. The molecule has 21 heavy (non-hydrogen) atoms. The largest absolute Gasteiger partial charge is 0.484 e. The Hall–Kier alpha value is -1.92. The number of aryl methyl sites for hydroxylation is 1. The summed E-state index contributed by atoms with van der Waals surface area (Å²) in [5, 5.41) is 7.39. The number of nitrogens with one attached hydrogen (secondary N) is 1. The molecule has 0 radical (unpaired) electrons. The molecule has 114 valence electrons. The number of benzene rings is 1. The first-order valence-electron chi connectivity index (χ1n) is 6.79. The second-order valence-electron chi connectivity index (χ2n) is 4.67. The van der Waals surface area contributed by atoms with E-state index in [4.69, 9.17) is 9.47 Å². The van der Waals surface area contributed by atoms with Crippen LogP contribution in [0.4, 0.5) is 4.39 Å². The number of ether oxygens (including phenoxy) is 2.